The Bertz CT molecular complexity index is 563. The van der Waals surface area contributed by atoms with Gasteiger partial charge in [-0.15, -0.1) is 0 Å². The first-order chi connectivity index (χ1) is 11.0. The number of nitrogens with one attached hydrogen (secondary N) is 1. The molecule has 2 rings (SSSR count). The maximum Gasteiger partial charge on any atom is 0.306 e. The van der Waals surface area contributed by atoms with Crippen molar-refractivity contribution in [1.29, 1.82) is 0 Å². The Labute approximate surface area is 141 Å². The van der Waals surface area contributed by atoms with Gasteiger partial charge in [0, 0.05) is 10.9 Å². The van der Waals surface area contributed by atoms with E-state index in [1.54, 1.807) is 18.2 Å². The highest BCUT2D eigenvalue weighted by atomic mass is 35.5. The molecule has 0 spiro atoms. The van der Waals surface area contributed by atoms with E-state index < -0.39 is 11.9 Å². The molecule has 2 N–H and O–H groups in total. The number of aliphatic carboxylic acids is 1. The quantitative estimate of drug-likeness (QED) is 0.835. The Morgan fingerprint density at radius 1 is 1.39 bits per heavy atom. The molecule has 3 atom stereocenters. The highest BCUT2D eigenvalue weighted by Gasteiger charge is 2.31. The first-order valence-corrected chi connectivity index (χ1v) is 8.26. The summed E-state index contributed by atoms with van der Waals surface area (Å²) in [5, 5.41) is 12.5. The normalized spacial score (nSPS) is 22.2. The van der Waals surface area contributed by atoms with Crippen LogP contribution in [0.4, 0.5) is 0 Å². The lowest BCUT2D eigenvalue weighted by Gasteiger charge is -2.26. The van der Waals surface area contributed by atoms with Gasteiger partial charge in [0.25, 0.3) is 0 Å². The second kappa shape index (κ2) is 8.20. The lowest BCUT2D eigenvalue weighted by atomic mass is 9.81. The van der Waals surface area contributed by atoms with Crippen molar-refractivity contribution < 1.29 is 19.4 Å². The standard InChI is InChI=1S/C17H22ClNO4/c1-11(23-15-7-3-6-14(18)9-15)10-19-16(20)12-4-2-5-13(8-12)17(21)22/h3,6-7,9,11-13H,2,4-5,8,10H2,1H3,(H,19,20)(H,21,22). The zero-order valence-corrected chi connectivity index (χ0v) is 13.9. The summed E-state index contributed by atoms with van der Waals surface area (Å²) in [6.07, 6.45) is 2.41. The lowest BCUT2D eigenvalue weighted by Crippen LogP contribution is -2.39. The summed E-state index contributed by atoms with van der Waals surface area (Å²) in [5.74, 6) is -0.858. The molecule has 3 unspecified atom stereocenters. The summed E-state index contributed by atoms with van der Waals surface area (Å²) in [4.78, 5) is 23.3. The number of carbonyl (C=O) groups is 2. The topological polar surface area (TPSA) is 75.6 Å². The molecule has 0 saturated heterocycles. The van der Waals surface area contributed by atoms with Crippen molar-refractivity contribution in [3.8, 4) is 5.75 Å². The van der Waals surface area contributed by atoms with E-state index in [9.17, 15) is 9.59 Å². The zero-order chi connectivity index (χ0) is 16.8. The molecule has 1 saturated carbocycles. The fraction of sp³-hybridized carbons (Fsp3) is 0.529. The number of rotatable bonds is 6. The third-order valence-electron chi connectivity index (χ3n) is 4.09. The monoisotopic (exact) mass is 339 g/mol. The van der Waals surface area contributed by atoms with Crippen LogP contribution < -0.4 is 10.1 Å². The Kier molecular flexibility index (Phi) is 6.28. The zero-order valence-electron chi connectivity index (χ0n) is 13.1. The van der Waals surface area contributed by atoms with Crippen molar-refractivity contribution in [1.82, 2.24) is 5.32 Å². The van der Waals surface area contributed by atoms with Crippen molar-refractivity contribution in [2.24, 2.45) is 11.8 Å². The molecule has 0 aliphatic heterocycles. The predicted molar refractivity (Wildman–Crippen MR) is 87.6 cm³/mol. The average Bonchev–Trinajstić information content (AvgIpc) is 2.52. The summed E-state index contributed by atoms with van der Waals surface area (Å²) in [6, 6.07) is 7.10. The molecule has 1 aromatic rings. The Morgan fingerprint density at radius 3 is 2.83 bits per heavy atom. The molecule has 0 heterocycles. The maximum absolute atomic E-state index is 12.2. The summed E-state index contributed by atoms with van der Waals surface area (Å²) >= 11 is 5.90. The number of ether oxygens (including phenoxy) is 1. The average molecular weight is 340 g/mol. The number of amides is 1. The molecule has 0 aromatic heterocycles. The second-order valence-corrected chi connectivity index (χ2v) is 6.47. The Morgan fingerprint density at radius 2 is 2.13 bits per heavy atom. The number of benzene rings is 1. The van der Waals surface area contributed by atoms with Crippen molar-refractivity contribution >= 4 is 23.5 Å². The molecule has 1 amide bonds. The van der Waals surface area contributed by atoms with Crippen LogP contribution in [0, 0.1) is 11.8 Å². The van der Waals surface area contributed by atoms with Crippen LogP contribution in [0.3, 0.4) is 0 Å². The minimum atomic E-state index is -0.805. The van der Waals surface area contributed by atoms with Gasteiger partial charge >= 0.3 is 5.97 Å². The molecule has 23 heavy (non-hydrogen) atoms. The third kappa shape index (κ3) is 5.43. The van der Waals surface area contributed by atoms with Crippen LogP contribution in [0.25, 0.3) is 0 Å². The molecular weight excluding hydrogens is 318 g/mol. The van der Waals surface area contributed by atoms with Crippen LogP contribution in [-0.4, -0.2) is 29.6 Å². The van der Waals surface area contributed by atoms with Gasteiger partial charge in [0.15, 0.2) is 0 Å². The van der Waals surface area contributed by atoms with Gasteiger partial charge < -0.3 is 15.2 Å². The van der Waals surface area contributed by atoms with Gasteiger partial charge in [-0.05, 0) is 44.4 Å². The highest BCUT2D eigenvalue weighted by molar-refractivity contribution is 6.30. The molecule has 6 heteroatoms. The van der Waals surface area contributed by atoms with Gasteiger partial charge in [-0.3, -0.25) is 9.59 Å². The van der Waals surface area contributed by atoms with Crippen LogP contribution in [0.15, 0.2) is 24.3 Å². The summed E-state index contributed by atoms with van der Waals surface area (Å²) in [6.45, 7) is 2.24. The minimum Gasteiger partial charge on any atom is -0.489 e. The molecule has 126 valence electrons. The first-order valence-electron chi connectivity index (χ1n) is 7.88. The number of hydrogen-bond donors (Lipinski definition) is 2. The molecular formula is C17H22ClNO4. The van der Waals surface area contributed by atoms with E-state index in [1.807, 2.05) is 13.0 Å². The van der Waals surface area contributed by atoms with Gasteiger partial charge in [-0.1, -0.05) is 24.1 Å². The van der Waals surface area contributed by atoms with Gasteiger partial charge in [-0.2, -0.15) is 0 Å². The van der Waals surface area contributed by atoms with Crippen molar-refractivity contribution in [3.63, 3.8) is 0 Å². The van der Waals surface area contributed by atoms with Gasteiger partial charge in [0.2, 0.25) is 5.91 Å². The van der Waals surface area contributed by atoms with Crippen molar-refractivity contribution in [2.45, 2.75) is 38.7 Å². The molecule has 5 nitrogen and oxygen atoms in total. The largest absolute Gasteiger partial charge is 0.489 e. The smallest absolute Gasteiger partial charge is 0.306 e. The van der Waals surface area contributed by atoms with E-state index in [1.165, 1.54) is 0 Å². The van der Waals surface area contributed by atoms with E-state index >= 15 is 0 Å². The fourth-order valence-corrected chi connectivity index (χ4v) is 3.04. The first kappa shape index (κ1) is 17.6. The predicted octanol–water partition coefficient (Wildman–Crippen LogP) is 3.11. The third-order valence-corrected chi connectivity index (χ3v) is 4.33. The van der Waals surface area contributed by atoms with Gasteiger partial charge in [-0.25, -0.2) is 0 Å². The summed E-state index contributed by atoms with van der Waals surface area (Å²) in [7, 11) is 0. The number of halogens is 1. The van der Waals surface area contributed by atoms with E-state index in [4.69, 9.17) is 21.4 Å². The second-order valence-electron chi connectivity index (χ2n) is 6.03. The number of hydrogen-bond acceptors (Lipinski definition) is 3. The molecule has 0 bridgehead atoms. The van der Waals surface area contributed by atoms with E-state index in [2.05, 4.69) is 5.32 Å². The maximum atomic E-state index is 12.2. The lowest BCUT2D eigenvalue weighted by molar-refractivity contribution is -0.144. The fourth-order valence-electron chi connectivity index (χ4n) is 2.86. The molecule has 1 aliphatic carbocycles. The molecule has 1 fully saturated rings. The SMILES string of the molecule is CC(CNC(=O)C1CCCC(C(=O)O)C1)Oc1cccc(Cl)c1. The number of carboxylic acids is 1. The number of carboxylic acid groups (broad SMARTS) is 1. The van der Waals surface area contributed by atoms with Crippen LogP contribution in [0.2, 0.25) is 5.02 Å². The van der Waals surface area contributed by atoms with E-state index in [0.717, 1.165) is 12.8 Å². The Hall–Kier alpha value is -1.75. The van der Waals surface area contributed by atoms with Gasteiger partial charge in [0.1, 0.15) is 11.9 Å². The summed E-state index contributed by atoms with van der Waals surface area (Å²) < 4.78 is 5.70. The minimum absolute atomic E-state index is 0.0857. The van der Waals surface area contributed by atoms with Crippen molar-refractivity contribution in [2.75, 3.05) is 6.54 Å². The Balaban J connectivity index is 1.78. The molecule has 1 aliphatic rings. The van der Waals surface area contributed by atoms with Crippen LogP contribution in [0.1, 0.15) is 32.6 Å². The van der Waals surface area contributed by atoms with Crippen LogP contribution in [-0.2, 0) is 9.59 Å². The molecule has 0 radical (unpaired) electrons. The van der Waals surface area contributed by atoms with Gasteiger partial charge in [0.05, 0.1) is 12.5 Å². The number of carbonyl (C=O) groups excluding carboxylic acids is 1. The van der Waals surface area contributed by atoms with Crippen LogP contribution >= 0.6 is 11.6 Å². The molecule has 1 aromatic carbocycles. The van der Waals surface area contributed by atoms with E-state index in [-0.39, 0.29) is 17.9 Å². The van der Waals surface area contributed by atoms with Crippen molar-refractivity contribution in [3.05, 3.63) is 29.3 Å². The van der Waals surface area contributed by atoms with Crippen LogP contribution in [0.5, 0.6) is 5.75 Å². The van der Waals surface area contributed by atoms with E-state index in [0.29, 0.717) is 30.2 Å². The highest BCUT2D eigenvalue weighted by Crippen LogP contribution is 2.29. The summed E-state index contributed by atoms with van der Waals surface area (Å²) in [5.41, 5.74) is 0.